The van der Waals surface area contributed by atoms with E-state index in [1.807, 2.05) is 0 Å². The van der Waals surface area contributed by atoms with Gasteiger partial charge in [-0.3, -0.25) is 4.79 Å². The van der Waals surface area contributed by atoms with Crippen molar-refractivity contribution < 1.29 is 23.5 Å². The van der Waals surface area contributed by atoms with Crippen LogP contribution in [0.2, 0.25) is 0 Å². The van der Waals surface area contributed by atoms with Crippen molar-refractivity contribution in [2.24, 2.45) is 0 Å². The van der Waals surface area contributed by atoms with Crippen molar-refractivity contribution in [3.8, 4) is 0 Å². The minimum Gasteiger partial charge on any atom is -0.480 e. The van der Waals surface area contributed by atoms with Gasteiger partial charge in [0.2, 0.25) is 0 Å². The monoisotopic (exact) mass is 283 g/mol. The van der Waals surface area contributed by atoms with Gasteiger partial charge in [0.05, 0.1) is 0 Å². The van der Waals surface area contributed by atoms with E-state index in [1.165, 1.54) is 11.8 Å². The first kappa shape index (κ1) is 14.4. The molecule has 1 saturated heterocycles. The lowest BCUT2D eigenvalue weighted by Gasteiger charge is -2.41. The van der Waals surface area contributed by atoms with Gasteiger partial charge in [-0.15, -0.1) is 0 Å². The van der Waals surface area contributed by atoms with E-state index in [9.17, 15) is 23.5 Å². The number of carbonyl (C=O) groups excluding carboxylic acids is 1. The average Bonchev–Trinajstić information content (AvgIpc) is 2.37. The van der Waals surface area contributed by atoms with Crippen molar-refractivity contribution in [1.29, 1.82) is 0 Å². The first-order chi connectivity index (χ1) is 9.34. The maximum absolute atomic E-state index is 13.2. The molecule has 1 aliphatic rings. The van der Waals surface area contributed by atoms with Crippen LogP contribution < -0.4 is 0 Å². The van der Waals surface area contributed by atoms with E-state index in [2.05, 4.69) is 0 Å². The Bertz CT molecular complexity index is 541. The molecule has 1 atom stereocenters. The van der Waals surface area contributed by atoms with Gasteiger partial charge in [0.15, 0.2) is 0 Å². The van der Waals surface area contributed by atoms with E-state index in [0.29, 0.717) is 25.3 Å². The predicted molar refractivity (Wildman–Crippen MR) is 67.3 cm³/mol. The Hall–Kier alpha value is -1.98. The summed E-state index contributed by atoms with van der Waals surface area (Å²) in [5.74, 6) is -3.49. The Morgan fingerprint density at radius 2 is 1.80 bits per heavy atom. The summed E-state index contributed by atoms with van der Waals surface area (Å²) in [6.45, 7) is 1.72. The molecule has 0 bridgehead atoms. The van der Waals surface area contributed by atoms with Crippen LogP contribution in [-0.4, -0.2) is 34.0 Å². The van der Waals surface area contributed by atoms with Crippen LogP contribution in [0.15, 0.2) is 18.2 Å². The highest BCUT2D eigenvalue weighted by Gasteiger charge is 2.44. The van der Waals surface area contributed by atoms with Crippen LogP contribution in [0.1, 0.15) is 36.5 Å². The summed E-state index contributed by atoms with van der Waals surface area (Å²) in [7, 11) is 0. The molecule has 1 heterocycles. The quantitative estimate of drug-likeness (QED) is 0.907. The Balaban J connectivity index is 2.37. The molecule has 0 aliphatic carbocycles. The summed E-state index contributed by atoms with van der Waals surface area (Å²) in [5, 5.41) is 9.33. The van der Waals surface area contributed by atoms with E-state index in [1.54, 1.807) is 0 Å². The highest BCUT2D eigenvalue weighted by atomic mass is 19.1. The topological polar surface area (TPSA) is 57.6 Å². The van der Waals surface area contributed by atoms with Gasteiger partial charge in [-0.25, -0.2) is 13.6 Å². The molecule has 0 saturated carbocycles. The number of piperidine rings is 1. The van der Waals surface area contributed by atoms with Crippen molar-refractivity contribution in [3.05, 3.63) is 35.4 Å². The molecule has 4 nitrogen and oxygen atoms in total. The van der Waals surface area contributed by atoms with Crippen LogP contribution >= 0.6 is 0 Å². The van der Waals surface area contributed by atoms with Crippen LogP contribution in [0.5, 0.6) is 0 Å². The fourth-order valence-electron chi connectivity index (χ4n) is 2.50. The number of hydrogen-bond donors (Lipinski definition) is 1. The summed E-state index contributed by atoms with van der Waals surface area (Å²) < 4.78 is 26.4. The molecule has 1 aromatic rings. The van der Waals surface area contributed by atoms with Crippen molar-refractivity contribution in [2.75, 3.05) is 6.54 Å². The zero-order chi connectivity index (χ0) is 14.9. The lowest BCUT2D eigenvalue weighted by molar-refractivity contribution is -0.150. The Morgan fingerprint density at radius 1 is 1.20 bits per heavy atom. The summed E-state index contributed by atoms with van der Waals surface area (Å²) in [6, 6.07) is 2.51. The zero-order valence-electron chi connectivity index (χ0n) is 11.0. The van der Waals surface area contributed by atoms with Gasteiger partial charge >= 0.3 is 5.97 Å². The van der Waals surface area contributed by atoms with Crippen molar-refractivity contribution >= 4 is 11.9 Å². The van der Waals surface area contributed by atoms with E-state index in [-0.39, 0.29) is 12.1 Å². The van der Waals surface area contributed by atoms with Gasteiger partial charge < -0.3 is 10.0 Å². The molecule has 1 unspecified atom stereocenters. The van der Waals surface area contributed by atoms with Crippen LogP contribution in [0.4, 0.5) is 8.78 Å². The second-order valence-corrected chi connectivity index (χ2v) is 5.15. The molecule has 108 valence electrons. The molecular weight excluding hydrogens is 268 g/mol. The third-order valence-electron chi connectivity index (χ3n) is 3.71. The minimum absolute atomic E-state index is 0.170. The standard InChI is InChI=1S/C14H15F2NO3/c1-14(13(19)20)4-2-3-5-17(14)12(18)9-6-10(15)8-11(16)7-9/h6-8H,2-5H2,1H3,(H,19,20). The number of nitrogens with zero attached hydrogens (tertiary/aromatic N) is 1. The highest BCUT2D eigenvalue weighted by Crippen LogP contribution is 2.30. The molecule has 0 aromatic heterocycles. The SMILES string of the molecule is CC1(C(=O)O)CCCCN1C(=O)c1cc(F)cc(F)c1. The van der Waals surface area contributed by atoms with Gasteiger partial charge in [-0.1, -0.05) is 0 Å². The molecule has 20 heavy (non-hydrogen) atoms. The van der Waals surface area contributed by atoms with Gasteiger partial charge in [0, 0.05) is 18.2 Å². The predicted octanol–water partition coefficient (Wildman–Crippen LogP) is 2.43. The van der Waals surface area contributed by atoms with Crippen LogP contribution in [0.25, 0.3) is 0 Å². The van der Waals surface area contributed by atoms with Crippen molar-refractivity contribution in [2.45, 2.75) is 31.7 Å². The number of carboxylic acid groups (broad SMARTS) is 1. The summed E-state index contributed by atoms with van der Waals surface area (Å²) >= 11 is 0. The number of carbonyl (C=O) groups is 2. The zero-order valence-corrected chi connectivity index (χ0v) is 11.0. The Kier molecular flexibility index (Phi) is 3.74. The molecular formula is C14H15F2NO3. The van der Waals surface area contributed by atoms with E-state index >= 15 is 0 Å². The fourth-order valence-corrected chi connectivity index (χ4v) is 2.50. The highest BCUT2D eigenvalue weighted by molar-refractivity contribution is 5.98. The molecule has 1 aliphatic heterocycles. The van der Waals surface area contributed by atoms with E-state index in [0.717, 1.165) is 12.1 Å². The molecule has 1 aromatic carbocycles. The molecule has 1 fully saturated rings. The van der Waals surface area contributed by atoms with Crippen LogP contribution in [0, 0.1) is 11.6 Å². The third kappa shape index (κ3) is 2.50. The summed E-state index contributed by atoms with van der Waals surface area (Å²) in [6.07, 6.45) is 1.70. The number of carboxylic acids is 1. The first-order valence-electron chi connectivity index (χ1n) is 6.36. The number of aliphatic carboxylic acids is 1. The van der Waals surface area contributed by atoms with Crippen molar-refractivity contribution in [3.63, 3.8) is 0 Å². The Morgan fingerprint density at radius 3 is 2.35 bits per heavy atom. The molecule has 1 N–H and O–H groups in total. The normalized spacial score (nSPS) is 22.6. The average molecular weight is 283 g/mol. The minimum atomic E-state index is -1.34. The number of rotatable bonds is 2. The van der Waals surface area contributed by atoms with Gasteiger partial charge in [-0.2, -0.15) is 0 Å². The second-order valence-electron chi connectivity index (χ2n) is 5.15. The molecule has 6 heteroatoms. The maximum atomic E-state index is 13.2. The summed E-state index contributed by atoms with van der Waals surface area (Å²) in [4.78, 5) is 25.0. The largest absolute Gasteiger partial charge is 0.480 e. The van der Waals surface area contributed by atoms with Gasteiger partial charge in [0.25, 0.3) is 5.91 Å². The number of likely N-dealkylation sites (tertiary alicyclic amines) is 1. The fraction of sp³-hybridized carbons (Fsp3) is 0.429. The maximum Gasteiger partial charge on any atom is 0.329 e. The number of hydrogen-bond acceptors (Lipinski definition) is 2. The lowest BCUT2D eigenvalue weighted by atomic mass is 9.88. The van der Waals surface area contributed by atoms with Crippen molar-refractivity contribution in [1.82, 2.24) is 4.90 Å². The lowest BCUT2D eigenvalue weighted by Crippen LogP contribution is -2.57. The van der Waals surface area contributed by atoms with E-state index in [4.69, 9.17) is 0 Å². The smallest absolute Gasteiger partial charge is 0.329 e. The number of amides is 1. The third-order valence-corrected chi connectivity index (χ3v) is 3.71. The number of benzene rings is 1. The molecule has 2 rings (SSSR count). The van der Waals surface area contributed by atoms with Crippen LogP contribution in [0.3, 0.4) is 0 Å². The van der Waals surface area contributed by atoms with Crippen LogP contribution in [-0.2, 0) is 4.79 Å². The molecule has 0 spiro atoms. The Labute approximate surface area is 115 Å². The summed E-state index contributed by atoms with van der Waals surface area (Å²) in [5.41, 5.74) is -1.50. The van der Waals surface area contributed by atoms with Gasteiger partial charge in [-0.05, 0) is 38.3 Å². The van der Waals surface area contributed by atoms with E-state index < -0.39 is 29.0 Å². The molecule has 1 amide bonds. The van der Waals surface area contributed by atoms with Gasteiger partial charge in [0.1, 0.15) is 17.2 Å². The first-order valence-corrected chi connectivity index (χ1v) is 6.36. The molecule has 0 radical (unpaired) electrons. The second kappa shape index (κ2) is 5.19. The number of halogens is 2.